The lowest BCUT2D eigenvalue weighted by Gasteiger charge is -2.28. The molecule has 0 bridgehead atoms. The molecule has 4 atom stereocenters. The summed E-state index contributed by atoms with van der Waals surface area (Å²) in [4.78, 5) is 1.93. The Morgan fingerprint density at radius 1 is 0.486 bits per heavy atom. The molecular formula is C29H61NO5. The largest absolute Gasteiger partial charge is 0.394 e. The fourth-order valence-corrected chi connectivity index (χ4v) is 4.72. The van der Waals surface area contributed by atoms with Gasteiger partial charge in [0.2, 0.25) is 0 Å². The molecule has 35 heavy (non-hydrogen) atoms. The second-order valence-corrected chi connectivity index (χ2v) is 10.8. The Bertz CT molecular complexity index is 426. The van der Waals surface area contributed by atoms with Crippen molar-refractivity contribution in [2.75, 3.05) is 26.7 Å². The van der Waals surface area contributed by atoms with Crippen molar-refractivity contribution in [3.05, 3.63) is 0 Å². The zero-order valence-corrected chi connectivity index (χ0v) is 23.3. The van der Waals surface area contributed by atoms with Crippen LogP contribution in [0.2, 0.25) is 0 Å². The molecule has 0 radical (unpaired) electrons. The smallest absolute Gasteiger partial charge is 0.111 e. The molecule has 6 heteroatoms. The van der Waals surface area contributed by atoms with Gasteiger partial charge in [-0.2, -0.15) is 0 Å². The molecule has 0 aliphatic carbocycles. The second kappa shape index (κ2) is 25.4. The summed E-state index contributed by atoms with van der Waals surface area (Å²) in [6.07, 6.45) is 21.6. The Labute approximate surface area is 217 Å². The highest BCUT2D eigenvalue weighted by Crippen LogP contribution is 2.15. The van der Waals surface area contributed by atoms with E-state index in [-0.39, 0.29) is 6.54 Å². The second-order valence-electron chi connectivity index (χ2n) is 10.8. The first-order valence-electron chi connectivity index (χ1n) is 15.0. The number of aliphatic hydroxyl groups excluding tert-OH is 5. The van der Waals surface area contributed by atoms with Crippen LogP contribution < -0.4 is 0 Å². The molecule has 5 N–H and O–H groups in total. The van der Waals surface area contributed by atoms with Gasteiger partial charge in [-0.15, -0.1) is 0 Å². The van der Waals surface area contributed by atoms with E-state index in [1.54, 1.807) is 0 Å². The summed E-state index contributed by atoms with van der Waals surface area (Å²) >= 11 is 0. The van der Waals surface area contributed by atoms with Crippen LogP contribution in [-0.2, 0) is 0 Å². The minimum absolute atomic E-state index is 0.218. The van der Waals surface area contributed by atoms with Crippen LogP contribution in [0.15, 0.2) is 0 Å². The van der Waals surface area contributed by atoms with Crippen molar-refractivity contribution in [2.45, 2.75) is 160 Å². The Hall–Kier alpha value is -0.240. The van der Waals surface area contributed by atoms with Crippen molar-refractivity contribution in [3.63, 3.8) is 0 Å². The molecule has 0 aromatic carbocycles. The van der Waals surface area contributed by atoms with Gasteiger partial charge in [0.15, 0.2) is 0 Å². The van der Waals surface area contributed by atoms with Crippen LogP contribution in [0.3, 0.4) is 0 Å². The summed E-state index contributed by atoms with van der Waals surface area (Å²) in [5.74, 6) is 0. The van der Waals surface area contributed by atoms with Crippen molar-refractivity contribution in [3.8, 4) is 0 Å². The van der Waals surface area contributed by atoms with E-state index in [1.807, 2.05) is 11.9 Å². The van der Waals surface area contributed by atoms with Crippen molar-refractivity contribution < 1.29 is 25.5 Å². The average molecular weight is 504 g/mol. The predicted octanol–water partition coefficient (Wildman–Crippen LogP) is 5.18. The Morgan fingerprint density at radius 2 is 0.800 bits per heavy atom. The molecule has 0 saturated carbocycles. The number of rotatable bonds is 27. The molecule has 0 heterocycles. The molecule has 0 spiro atoms. The fraction of sp³-hybridized carbons (Fsp3) is 1.00. The van der Waals surface area contributed by atoms with Gasteiger partial charge in [-0.3, -0.25) is 0 Å². The summed E-state index contributed by atoms with van der Waals surface area (Å²) < 4.78 is 0. The highest BCUT2D eigenvalue weighted by atomic mass is 16.4. The number of likely N-dealkylation sites (N-methyl/N-ethyl adjacent to an activating group) is 1. The molecular weight excluding hydrogens is 442 g/mol. The molecule has 0 aromatic heterocycles. The van der Waals surface area contributed by atoms with E-state index in [0.29, 0.717) is 0 Å². The molecule has 0 unspecified atom stereocenters. The lowest BCUT2D eigenvalue weighted by atomic mass is 10.0. The van der Waals surface area contributed by atoms with Crippen LogP contribution in [0.25, 0.3) is 0 Å². The quantitative estimate of drug-likeness (QED) is 0.0990. The molecule has 212 valence electrons. The van der Waals surface area contributed by atoms with E-state index in [0.717, 1.165) is 19.4 Å². The molecule has 6 nitrogen and oxygen atoms in total. The van der Waals surface area contributed by atoms with E-state index < -0.39 is 31.0 Å². The summed E-state index contributed by atoms with van der Waals surface area (Å²) in [5, 5.41) is 47.8. The average Bonchev–Trinajstić information content (AvgIpc) is 2.85. The number of hydrogen-bond donors (Lipinski definition) is 5. The molecule has 0 fully saturated rings. The number of nitrogens with zero attached hydrogens (tertiary/aromatic N) is 1. The first-order chi connectivity index (χ1) is 16.9. The maximum atomic E-state index is 10.0. The first-order valence-corrected chi connectivity index (χ1v) is 15.0. The van der Waals surface area contributed by atoms with Crippen LogP contribution in [0.4, 0.5) is 0 Å². The van der Waals surface area contributed by atoms with Gasteiger partial charge < -0.3 is 30.4 Å². The van der Waals surface area contributed by atoms with E-state index in [2.05, 4.69) is 6.92 Å². The molecule has 0 saturated heterocycles. The van der Waals surface area contributed by atoms with Gasteiger partial charge in [0.1, 0.15) is 18.3 Å². The zero-order chi connectivity index (χ0) is 26.2. The Balaban J connectivity index is 3.37. The van der Waals surface area contributed by atoms with Gasteiger partial charge in [-0.05, 0) is 20.0 Å². The van der Waals surface area contributed by atoms with E-state index >= 15 is 0 Å². The molecule has 0 aliphatic heterocycles. The van der Waals surface area contributed by atoms with Crippen LogP contribution >= 0.6 is 0 Å². The predicted molar refractivity (Wildman–Crippen MR) is 147 cm³/mol. The standard InChI is InChI=1S/C29H61NO5/c1-3-4-5-6-7-8-9-10-11-12-13-14-15-16-17-18-19-20-21-22-23-30(2)24-26(32)28(34)29(35)27(33)25-31/h26-29,31-35H,3-25H2,1-2H3/t26-,27+,28+,29+/m0/s1. The van der Waals surface area contributed by atoms with Gasteiger partial charge in [-0.1, -0.05) is 129 Å². The van der Waals surface area contributed by atoms with Gasteiger partial charge in [-0.25, -0.2) is 0 Å². The van der Waals surface area contributed by atoms with Crippen LogP contribution in [0, 0.1) is 0 Å². The molecule has 0 rings (SSSR count). The van der Waals surface area contributed by atoms with Crippen molar-refractivity contribution >= 4 is 0 Å². The minimum Gasteiger partial charge on any atom is -0.394 e. The van der Waals surface area contributed by atoms with E-state index in [4.69, 9.17) is 5.11 Å². The monoisotopic (exact) mass is 503 g/mol. The maximum absolute atomic E-state index is 10.0. The van der Waals surface area contributed by atoms with Crippen molar-refractivity contribution in [1.82, 2.24) is 4.90 Å². The molecule has 0 amide bonds. The van der Waals surface area contributed by atoms with E-state index in [9.17, 15) is 20.4 Å². The highest BCUT2D eigenvalue weighted by molar-refractivity contribution is 4.82. The van der Waals surface area contributed by atoms with Crippen LogP contribution in [0.5, 0.6) is 0 Å². The van der Waals surface area contributed by atoms with Gasteiger partial charge in [0.05, 0.1) is 12.7 Å². The van der Waals surface area contributed by atoms with Crippen LogP contribution in [-0.4, -0.2) is 81.6 Å². The third-order valence-electron chi connectivity index (χ3n) is 7.22. The Morgan fingerprint density at radius 3 is 1.14 bits per heavy atom. The third kappa shape index (κ3) is 21.5. The lowest BCUT2D eigenvalue weighted by molar-refractivity contribution is -0.118. The normalized spacial score (nSPS) is 15.4. The Kier molecular flexibility index (Phi) is 25.2. The number of aliphatic hydroxyl groups is 5. The fourth-order valence-electron chi connectivity index (χ4n) is 4.72. The van der Waals surface area contributed by atoms with Gasteiger partial charge in [0, 0.05) is 6.54 Å². The number of hydrogen-bond acceptors (Lipinski definition) is 6. The van der Waals surface area contributed by atoms with Crippen LogP contribution in [0.1, 0.15) is 135 Å². The first kappa shape index (κ1) is 34.8. The number of unbranched alkanes of at least 4 members (excludes halogenated alkanes) is 19. The van der Waals surface area contributed by atoms with Gasteiger partial charge in [0.25, 0.3) is 0 Å². The third-order valence-corrected chi connectivity index (χ3v) is 7.22. The maximum Gasteiger partial charge on any atom is 0.111 e. The highest BCUT2D eigenvalue weighted by Gasteiger charge is 2.30. The van der Waals surface area contributed by atoms with Gasteiger partial charge >= 0.3 is 0 Å². The summed E-state index contributed by atoms with van der Waals surface area (Å²) in [6, 6.07) is 0. The molecule has 0 aliphatic rings. The van der Waals surface area contributed by atoms with Crippen molar-refractivity contribution in [2.24, 2.45) is 0 Å². The minimum atomic E-state index is -1.55. The topological polar surface area (TPSA) is 104 Å². The zero-order valence-electron chi connectivity index (χ0n) is 23.3. The van der Waals surface area contributed by atoms with E-state index in [1.165, 1.54) is 116 Å². The lowest BCUT2D eigenvalue weighted by Crippen LogP contribution is -2.49. The summed E-state index contributed by atoms with van der Waals surface area (Å²) in [5.41, 5.74) is 0. The molecule has 0 aromatic rings. The summed E-state index contributed by atoms with van der Waals surface area (Å²) in [6.45, 7) is 2.67. The SMILES string of the molecule is CCCCCCCCCCCCCCCCCCCCCCN(C)C[C@H](O)[C@@H](O)[C@H](O)[C@H](O)CO. The van der Waals surface area contributed by atoms with Crippen molar-refractivity contribution in [1.29, 1.82) is 0 Å². The summed E-state index contributed by atoms with van der Waals surface area (Å²) in [7, 11) is 1.88.